The van der Waals surface area contributed by atoms with Crippen LogP contribution in [-0.2, 0) is 11.0 Å². The maximum absolute atomic E-state index is 13.1. The van der Waals surface area contributed by atoms with Crippen LogP contribution in [0.3, 0.4) is 0 Å². The third-order valence-corrected chi connectivity index (χ3v) is 4.96. The highest BCUT2D eigenvalue weighted by Gasteiger charge is 2.38. The van der Waals surface area contributed by atoms with Gasteiger partial charge in [-0.05, 0) is 24.3 Å². The van der Waals surface area contributed by atoms with E-state index in [0.29, 0.717) is 44.1 Å². The maximum Gasteiger partial charge on any atom is 0.423 e. The molecule has 2 N–H and O–H groups in total. The molecule has 0 bridgehead atoms. The summed E-state index contributed by atoms with van der Waals surface area (Å²) in [6.45, 7) is 1.93. The summed E-state index contributed by atoms with van der Waals surface area (Å²) in [5.41, 5.74) is -2.75. The molecule has 0 radical (unpaired) electrons. The quantitative estimate of drug-likeness (QED) is 0.477. The average molecular weight is 465 g/mol. The monoisotopic (exact) mass is 465 g/mol. The fraction of sp³-hybridized carbons (Fsp3) is 0.368. The van der Waals surface area contributed by atoms with Crippen molar-refractivity contribution in [3.05, 3.63) is 51.7 Å². The lowest BCUT2D eigenvalue weighted by molar-refractivity contribution is -0.388. The van der Waals surface area contributed by atoms with Gasteiger partial charge in [0.05, 0.1) is 4.92 Å². The summed E-state index contributed by atoms with van der Waals surface area (Å²) in [6, 6.07) is 7.17. The van der Waals surface area contributed by atoms with Crippen LogP contribution >= 0.6 is 0 Å². The molecule has 1 fully saturated rings. The molecule has 1 saturated heterocycles. The smallest absolute Gasteiger partial charge is 0.382 e. The van der Waals surface area contributed by atoms with Crippen LogP contribution in [0.4, 0.5) is 30.4 Å². The Morgan fingerprint density at radius 2 is 1.94 bits per heavy atom. The number of nitrogens with one attached hydrogen (secondary N) is 1. The zero-order valence-electron chi connectivity index (χ0n) is 17.0. The first-order chi connectivity index (χ1) is 15.6. The van der Waals surface area contributed by atoms with E-state index in [1.807, 2.05) is 11.0 Å². The molecular formula is C19H18F3N7O4. The van der Waals surface area contributed by atoms with E-state index in [4.69, 9.17) is 5.26 Å². The predicted molar refractivity (Wildman–Crippen MR) is 108 cm³/mol. The molecule has 0 saturated carbocycles. The minimum atomic E-state index is -4.99. The Morgan fingerprint density at radius 1 is 1.24 bits per heavy atom. The number of piperazine rings is 1. The van der Waals surface area contributed by atoms with Gasteiger partial charge in [-0.15, -0.1) is 10.2 Å². The van der Waals surface area contributed by atoms with Gasteiger partial charge < -0.3 is 15.3 Å². The third kappa shape index (κ3) is 5.90. The van der Waals surface area contributed by atoms with Crippen LogP contribution < -0.4 is 10.2 Å². The standard InChI is InChI=1S/C19H18F3N7O4/c20-19(21,22)14-9-12(1-3-15(14)29(32)33)24-18(31)16(30)11-27-5-7-28(8-6-27)17-4-2-13(10-23)25-26-17/h1-4,9,16,30H,5-8,11H2,(H,24,31). The summed E-state index contributed by atoms with van der Waals surface area (Å²) >= 11 is 0. The highest BCUT2D eigenvalue weighted by atomic mass is 19.4. The molecule has 1 atom stereocenters. The second-order valence-corrected chi connectivity index (χ2v) is 7.17. The number of rotatable bonds is 6. The van der Waals surface area contributed by atoms with Gasteiger partial charge in [0.15, 0.2) is 11.5 Å². The lowest BCUT2D eigenvalue weighted by Gasteiger charge is -2.35. The number of aliphatic hydroxyl groups excluding tert-OH is 1. The summed E-state index contributed by atoms with van der Waals surface area (Å²) in [6.07, 6.45) is -6.52. The van der Waals surface area contributed by atoms with Gasteiger partial charge in [0, 0.05) is 44.5 Å². The largest absolute Gasteiger partial charge is 0.423 e. The number of nitro groups is 1. The SMILES string of the molecule is N#Cc1ccc(N2CCN(CC(O)C(=O)Nc3ccc([N+](=O)[O-])c(C(F)(F)F)c3)CC2)nn1. The van der Waals surface area contributed by atoms with Crippen molar-refractivity contribution >= 4 is 23.1 Å². The van der Waals surface area contributed by atoms with Crippen molar-refractivity contribution in [1.82, 2.24) is 15.1 Å². The normalized spacial score (nSPS) is 15.5. The zero-order chi connectivity index (χ0) is 24.2. The number of carbonyl (C=O) groups excluding carboxylic acids is 1. The Labute approximate surface area is 185 Å². The number of alkyl halides is 3. The number of β-amino-alcohol motifs (C(OH)–C–C–N with tert-alkyl or cyclic N) is 1. The molecule has 1 amide bonds. The van der Waals surface area contributed by atoms with Crippen molar-refractivity contribution in [3.8, 4) is 6.07 Å². The molecule has 2 heterocycles. The van der Waals surface area contributed by atoms with Crippen molar-refractivity contribution < 1.29 is 28.0 Å². The Hall–Kier alpha value is -3.83. The molecule has 3 rings (SSSR count). The average Bonchev–Trinajstić information content (AvgIpc) is 2.79. The summed E-state index contributed by atoms with van der Waals surface area (Å²) in [5.74, 6) is -0.344. The van der Waals surface area contributed by atoms with Crippen LogP contribution in [0.25, 0.3) is 0 Å². The minimum Gasteiger partial charge on any atom is -0.382 e. The molecule has 1 aliphatic rings. The predicted octanol–water partition coefficient (Wildman–Crippen LogP) is 1.40. The molecule has 14 heteroatoms. The van der Waals surface area contributed by atoms with E-state index in [9.17, 15) is 33.2 Å². The first-order valence-electron chi connectivity index (χ1n) is 9.64. The number of hydrogen-bond donors (Lipinski definition) is 2. The van der Waals surface area contributed by atoms with E-state index < -0.39 is 34.4 Å². The molecule has 1 aliphatic heterocycles. The lowest BCUT2D eigenvalue weighted by atomic mass is 10.1. The summed E-state index contributed by atoms with van der Waals surface area (Å²) in [5, 5.41) is 39.7. The van der Waals surface area contributed by atoms with Crippen LogP contribution in [-0.4, -0.2) is 69.9 Å². The second kappa shape index (κ2) is 9.76. The number of amides is 1. The number of aliphatic hydroxyl groups is 1. The van der Waals surface area contributed by atoms with Gasteiger partial charge in [-0.2, -0.15) is 18.4 Å². The number of aromatic nitrogens is 2. The lowest BCUT2D eigenvalue weighted by Crippen LogP contribution is -2.50. The number of halogens is 3. The summed E-state index contributed by atoms with van der Waals surface area (Å²) in [4.78, 5) is 25.6. The number of carbonyl (C=O) groups is 1. The van der Waals surface area contributed by atoms with Gasteiger partial charge in [-0.25, -0.2) is 0 Å². The molecular weight excluding hydrogens is 447 g/mol. The molecule has 33 heavy (non-hydrogen) atoms. The van der Waals surface area contributed by atoms with E-state index in [2.05, 4.69) is 15.5 Å². The van der Waals surface area contributed by atoms with Gasteiger partial charge in [-0.1, -0.05) is 0 Å². The van der Waals surface area contributed by atoms with Gasteiger partial charge >= 0.3 is 6.18 Å². The highest BCUT2D eigenvalue weighted by Crippen LogP contribution is 2.37. The number of nitro benzene ring substituents is 1. The van der Waals surface area contributed by atoms with Crippen LogP contribution in [0.15, 0.2) is 30.3 Å². The fourth-order valence-electron chi connectivity index (χ4n) is 3.27. The van der Waals surface area contributed by atoms with Gasteiger partial charge in [-0.3, -0.25) is 19.8 Å². The van der Waals surface area contributed by atoms with Crippen LogP contribution in [0.5, 0.6) is 0 Å². The van der Waals surface area contributed by atoms with Gasteiger partial charge in [0.25, 0.3) is 11.6 Å². The molecule has 2 aromatic rings. The van der Waals surface area contributed by atoms with E-state index in [1.54, 1.807) is 17.0 Å². The second-order valence-electron chi connectivity index (χ2n) is 7.17. The van der Waals surface area contributed by atoms with E-state index in [-0.39, 0.29) is 17.9 Å². The third-order valence-electron chi connectivity index (χ3n) is 4.96. The number of hydrogen-bond acceptors (Lipinski definition) is 9. The van der Waals surface area contributed by atoms with Gasteiger partial charge in [0.2, 0.25) is 0 Å². The minimum absolute atomic E-state index is 0.0577. The number of nitrogens with zero attached hydrogens (tertiary/aromatic N) is 6. The van der Waals surface area contributed by atoms with Gasteiger partial charge in [0.1, 0.15) is 17.7 Å². The molecule has 1 aromatic heterocycles. The molecule has 0 aliphatic carbocycles. The first kappa shape index (κ1) is 23.8. The zero-order valence-corrected chi connectivity index (χ0v) is 17.0. The van der Waals surface area contributed by atoms with E-state index in [0.717, 1.165) is 6.07 Å². The van der Waals surface area contributed by atoms with Crippen molar-refractivity contribution in [2.24, 2.45) is 0 Å². The van der Waals surface area contributed by atoms with Crippen molar-refractivity contribution in [3.63, 3.8) is 0 Å². The van der Waals surface area contributed by atoms with Crippen LogP contribution in [0.2, 0.25) is 0 Å². The Kier molecular flexibility index (Phi) is 7.04. The molecule has 1 aromatic carbocycles. The van der Waals surface area contributed by atoms with Crippen LogP contribution in [0, 0.1) is 21.4 Å². The highest BCUT2D eigenvalue weighted by molar-refractivity contribution is 5.94. The van der Waals surface area contributed by atoms with Crippen molar-refractivity contribution in [1.29, 1.82) is 5.26 Å². The Bertz CT molecular complexity index is 1060. The number of benzene rings is 1. The topological polar surface area (TPSA) is 149 Å². The van der Waals surface area contributed by atoms with E-state index >= 15 is 0 Å². The van der Waals surface area contributed by atoms with Crippen LogP contribution in [0.1, 0.15) is 11.3 Å². The van der Waals surface area contributed by atoms with Crippen molar-refractivity contribution in [2.45, 2.75) is 12.3 Å². The first-order valence-corrected chi connectivity index (χ1v) is 9.64. The Morgan fingerprint density at radius 3 is 2.48 bits per heavy atom. The molecule has 0 spiro atoms. The maximum atomic E-state index is 13.1. The molecule has 174 valence electrons. The molecule has 11 nitrogen and oxygen atoms in total. The summed E-state index contributed by atoms with van der Waals surface area (Å²) in [7, 11) is 0. The fourth-order valence-corrected chi connectivity index (χ4v) is 3.27. The Balaban J connectivity index is 1.56. The van der Waals surface area contributed by atoms with E-state index in [1.165, 1.54) is 0 Å². The van der Waals surface area contributed by atoms with Crippen molar-refractivity contribution in [2.75, 3.05) is 42.9 Å². The summed E-state index contributed by atoms with van der Waals surface area (Å²) < 4.78 is 39.3. The number of anilines is 2. The molecule has 1 unspecified atom stereocenters. The number of nitriles is 1.